The summed E-state index contributed by atoms with van der Waals surface area (Å²) in [4.78, 5) is 0. The molecule has 0 aliphatic carbocycles. The Morgan fingerprint density at radius 1 is 0.409 bits per heavy atom. The van der Waals surface area contributed by atoms with E-state index in [2.05, 4.69) is 27.7 Å². The van der Waals surface area contributed by atoms with Gasteiger partial charge < -0.3 is 0 Å². The van der Waals surface area contributed by atoms with Gasteiger partial charge in [-0.25, -0.2) is 0 Å². The molecule has 0 aromatic rings. The van der Waals surface area contributed by atoms with Crippen LogP contribution in [-0.2, 0) is 0 Å². The first-order valence-electron chi connectivity index (χ1n) is 10.5. The number of hydrogen-bond acceptors (Lipinski definition) is 0. The number of hydrogen-bond donors (Lipinski definition) is 0. The number of rotatable bonds is 16. The van der Waals surface area contributed by atoms with Gasteiger partial charge in [-0.15, -0.1) is 0 Å². The smallest absolute Gasteiger partial charge is 0.191 e. The molecule has 0 amide bonds. The third-order valence-corrected chi connectivity index (χ3v) is 12.2. The molecular formula is C20H44AlLi. The molecule has 0 saturated carbocycles. The fourth-order valence-corrected chi connectivity index (χ4v) is 10.5. The van der Waals surface area contributed by atoms with Crippen LogP contribution in [0.3, 0.4) is 0 Å². The second-order valence-corrected chi connectivity index (χ2v) is 13.5. The van der Waals surface area contributed by atoms with Gasteiger partial charge in [0, 0.05) is 0 Å². The van der Waals surface area contributed by atoms with Crippen molar-refractivity contribution in [1.29, 1.82) is 0 Å². The van der Waals surface area contributed by atoms with E-state index in [-0.39, 0.29) is 18.9 Å². The van der Waals surface area contributed by atoms with Crippen molar-refractivity contribution in [2.75, 3.05) is 0 Å². The molecule has 0 aromatic heterocycles. The zero-order valence-electron chi connectivity index (χ0n) is 16.9. The summed E-state index contributed by atoms with van der Waals surface area (Å²) >= 11 is -1.27. The maximum Gasteiger partial charge on any atom is 1.00 e. The van der Waals surface area contributed by atoms with Crippen LogP contribution in [0.4, 0.5) is 0 Å². The molecule has 0 aliphatic rings. The summed E-state index contributed by atoms with van der Waals surface area (Å²) in [7, 11) is 0. The predicted octanol–water partition coefficient (Wildman–Crippen LogP) is 5.20. The van der Waals surface area contributed by atoms with Crippen molar-refractivity contribution in [2.24, 2.45) is 0 Å². The molecule has 0 N–H and O–H groups in total. The minimum atomic E-state index is -1.27. The predicted molar refractivity (Wildman–Crippen MR) is 103 cm³/mol. The van der Waals surface area contributed by atoms with Crippen molar-refractivity contribution in [1.82, 2.24) is 0 Å². The van der Waals surface area contributed by atoms with Gasteiger partial charge in [0.2, 0.25) is 0 Å². The third kappa shape index (κ3) is 13.6. The summed E-state index contributed by atoms with van der Waals surface area (Å²) in [5.41, 5.74) is 0. The van der Waals surface area contributed by atoms with Gasteiger partial charge in [0.1, 0.15) is 13.1 Å². The summed E-state index contributed by atoms with van der Waals surface area (Å²) in [6.07, 6.45) is 17.7. The van der Waals surface area contributed by atoms with Crippen LogP contribution in [0.1, 0.15) is 105 Å². The zero-order valence-corrected chi connectivity index (χ0v) is 18.0. The Morgan fingerprint density at radius 3 is 0.818 bits per heavy atom. The van der Waals surface area contributed by atoms with Crippen LogP contribution in [0.2, 0.25) is 21.1 Å². The average Bonchev–Trinajstić information content (AvgIpc) is 2.48. The molecule has 0 saturated heterocycles. The van der Waals surface area contributed by atoms with Crippen molar-refractivity contribution in [3.05, 3.63) is 0 Å². The fourth-order valence-electron chi connectivity index (χ4n) is 4.18. The molecule has 0 rings (SSSR count). The van der Waals surface area contributed by atoms with Gasteiger partial charge in [-0.05, 0) is 0 Å². The van der Waals surface area contributed by atoms with Crippen LogP contribution in [0, 0.1) is 0 Å². The molecular weight excluding hydrogens is 274 g/mol. The first kappa shape index (κ1) is 25.4. The zero-order chi connectivity index (χ0) is 15.8. The maximum absolute atomic E-state index is 2.36. The molecule has 0 atom stereocenters. The van der Waals surface area contributed by atoms with Crippen LogP contribution in [0.5, 0.6) is 0 Å². The van der Waals surface area contributed by atoms with Crippen molar-refractivity contribution in [3.8, 4) is 0 Å². The number of unbranched alkanes of at least 4 members (excludes halogenated alkanes) is 8. The van der Waals surface area contributed by atoms with Crippen molar-refractivity contribution in [3.63, 3.8) is 0 Å². The average molecular weight is 318 g/mol. The minimum absolute atomic E-state index is 0. The summed E-state index contributed by atoms with van der Waals surface area (Å²) in [5.74, 6) is 0. The topological polar surface area (TPSA) is 0 Å². The molecule has 2 heteroatoms. The van der Waals surface area contributed by atoms with E-state index in [9.17, 15) is 0 Å². The molecule has 0 bridgehead atoms. The molecule has 0 aromatic carbocycles. The Kier molecular flexibility index (Phi) is 21.3. The normalized spacial score (nSPS) is 11.5. The molecule has 0 radical (unpaired) electrons. The SMILES string of the molecule is CCCC[CH2][Al-]([CH2]CCCC)([CH2]CCCC)[CH2]CCCC.[Li+]. The molecule has 0 aliphatic heterocycles. The van der Waals surface area contributed by atoms with E-state index in [1.807, 2.05) is 0 Å². The summed E-state index contributed by atoms with van der Waals surface area (Å²) in [6.45, 7) is 9.43. The van der Waals surface area contributed by atoms with Crippen molar-refractivity contribution < 1.29 is 18.9 Å². The van der Waals surface area contributed by atoms with Gasteiger partial charge in [0.25, 0.3) is 0 Å². The summed E-state index contributed by atoms with van der Waals surface area (Å²) in [5, 5.41) is 6.71. The molecule has 128 valence electrons. The minimum Gasteiger partial charge on any atom is -0.191 e. The second kappa shape index (κ2) is 18.5. The molecule has 22 heavy (non-hydrogen) atoms. The Morgan fingerprint density at radius 2 is 0.636 bits per heavy atom. The first-order valence-corrected chi connectivity index (χ1v) is 13.7. The molecule has 0 heterocycles. The van der Waals surface area contributed by atoms with Gasteiger partial charge >= 0.3 is 18.9 Å². The first-order chi connectivity index (χ1) is 10.2. The van der Waals surface area contributed by atoms with Gasteiger partial charge in [-0.2, -0.15) is 21.1 Å². The Labute approximate surface area is 157 Å². The molecule has 0 spiro atoms. The van der Waals surface area contributed by atoms with Crippen LogP contribution in [0.25, 0.3) is 0 Å². The van der Waals surface area contributed by atoms with Gasteiger partial charge in [-0.1, -0.05) is 105 Å². The maximum atomic E-state index is 2.36. The van der Waals surface area contributed by atoms with Crippen LogP contribution in [0.15, 0.2) is 0 Å². The molecule has 0 unspecified atom stereocenters. The van der Waals surface area contributed by atoms with E-state index in [4.69, 9.17) is 0 Å². The van der Waals surface area contributed by atoms with E-state index in [0.717, 1.165) is 0 Å². The van der Waals surface area contributed by atoms with Crippen molar-refractivity contribution in [2.45, 2.75) is 126 Å². The third-order valence-electron chi connectivity index (χ3n) is 5.68. The van der Waals surface area contributed by atoms with E-state index in [0.29, 0.717) is 0 Å². The second-order valence-electron chi connectivity index (χ2n) is 7.72. The summed E-state index contributed by atoms with van der Waals surface area (Å²) < 4.78 is 0. The van der Waals surface area contributed by atoms with Crippen LogP contribution in [-0.4, -0.2) is 13.1 Å². The van der Waals surface area contributed by atoms with Gasteiger partial charge in [-0.3, -0.25) is 0 Å². The van der Waals surface area contributed by atoms with E-state index in [1.54, 1.807) is 46.8 Å². The Bertz CT molecular complexity index is 160. The van der Waals surface area contributed by atoms with E-state index < -0.39 is 13.1 Å². The quantitative estimate of drug-likeness (QED) is 0.271. The standard InChI is InChI=1S/4C5H11.Al.Li/c4*1-3-5-4-2;;/h4*1,3-5H2,2H3;;/q;;;;-1;+1. The van der Waals surface area contributed by atoms with Crippen LogP contribution < -0.4 is 18.9 Å². The monoisotopic (exact) mass is 318 g/mol. The Hall–Kier alpha value is 1.13. The van der Waals surface area contributed by atoms with Gasteiger partial charge in [0.05, 0.1) is 0 Å². The summed E-state index contributed by atoms with van der Waals surface area (Å²) in [6, 6.07) is 0. The van der Waals surface area contributed by atoms with Crippen LogP contribution >= 0.6 is 0 Å². The molecule has 0 nitrogen and oxygen atoms in total. The van der Waals surface area contributed by atoms with Crippen molar-refractivity contribution >= 4 is 13.1 Å². The van der Waals surface area contributed by atoms with Gasteiger partial charge in [0.15, 0.2) is 0 Å². The largest absolute Gasteiger partial charge is 1.00 e. The van der Waals surface area contributed by atoms with E-state index >= 15 is 0 Å². The Balaban J connectivity index is 0. The molecule has 0 fully saturated rings. The van der Waals surface area contributed by atoms with E-state index in [1.165, 1.54) is 51.4 Å². The fraction of sp³-hybridized carbons (Fsp3) is 1.00.